The Morgan fingerprint density at radius 1 is 0.917 bits per heavy atom. The van der Waals surface area contributed by atoms with Crippen LogP contribution in [0.5, 0.6) is 17.2 Å². The fourth-order valence-corrected chi connectivity index (χ4v) is 10.9. The molecular weight excluding hydrogens is 632 g/mol. The molecule has 1 aromatic heterocycles. The molecule has 1 N–H and O–H groups in total. The summed E-state index contributed by atoms with van der Waals surface area (Å²) in [5.74, 6) is 0.284. The molecule has 1 aliphatic rings. The molecular formula is C36H42N2O9Si. The van der Waals surface area contributed by atoms with Gasteiger partial charge in [0, 0.05) is 18.2 Å². The van der Waals surface area contributed by atoms with Gasteiger partial charge in [0.1, 0.15) is 18.4 Å². The lowest BCUT2D eigenvalue weighted by molar-refractivity contribution is -0.0493. The van der Waals surface area contributed by atoms with E-state index in [1.807, 2.05) is 36.4 Å². The Balaban J connectivity index is 1.53. The normalized spacial score (nSPS) is 17.9. The van der Waals surface area contributed by atoms with Gasteiger partial charge >= 0.3 is 11.7 Å². The number of aromatic nitrogens is 2. The number of hydrogen-bond acceptors (Lipinski definition) is 9. The van der Waals surface area contributed by atoms with Crippen molar-refractivity contribution in [2.75, 3.05) is 27.9 Å². The summed E-state index contributed by atoms with van der Waals surface area (Å²) in [6.45, 7) is 8.18. The first-order valence-electron chi connectivity index (χ1n) is 15.7. The Morgan fingerprint density at radius 3 is 1.98 bits per heavy atom. The quantitative estimate of drug-likeness (QED) is 0.186. The number of aryl methyl sites for hydroxylation is 1. The van der Waals surface area contributed by atoms with Crippen molar-refractivity contribution in [2.24, 2.45) is 0 Å². The lowest BCUT2D eigenvalue weighted by Crippen LogP contribution is -2.67. The van der Waals surface area contributed by atoms with Gasteiger partial charge in [0.05, 0.1) is 33.5 Å². The topological polar surface area (TPSA) is 127 Å². The Kier molecular flexibility index (Phi) is 10.3. The molecule has 48 heavy (non-hydrogen) atoms. The molecule has 11 nitrogen and oxygen atoms in total. The molecule has 1 fully saturated rings. The van der Waals surface area contributed by atoms with E-state index >= 15 is 0 Å². The SMILES string of the molecule is COc1cc(C(=O)O[C@H]2C[C@H](n3cc(C)c(=O)[nH]c3=O)O[C@@H]2CO[Si](c2ccccc2)(c2ccccc2)C(C)(C)C)cc(OC)c1OC. The summed E-state index contributed by atoms with van der Waals surface area (Å²) >= 11 is 0. The second kappa shape index (κ2) is 14.2. The lowest BCUT2D eigenvalue weighted by atomic mass is 10.1. The number of nitrogens with one attached hydrogen (secondary N) is 1. The number of nitrogens with zero attached hydrogens (tertiary/aromatic N) is 1. The molecule has 0 unspecified atom stereocenters. The molecule has 3 aromatic carbocycles. The Bertz CT molecular complexity index is 1790. The van der Waals surface area contributed by atoms with Gasteiger partial charge in [-0.1, -0.05) is 81.4 Å². The minimum Gasteiger partial charge on any atom is -0.493 e. The van der Waals surface area contributed by atoms with Crippen molar-refractivity contribution >= 4 is 24.7 Å². The van der Waals surface area contributed by atoms with Gasteiger partial charge in [-0.3, -0.25) is 14.3 Å². The number of methoxy groups -OCH3 is 3. The van der Waals surface area contributed by atoms with Crippen LogP contribution in [0.25, 0.3) is 0 Å². The highest BCUT2D eigenvalue weighted by Crippen LogP contribution is 2.40. The summed E-state index contributed by atoms with van der Waals surface area (Å²) < 4.78 is 37.4. The van der Waals surface area contributed by atoms with Crippen LogP contribution in [-0.2, 0) is 13.9 Å². The first-order valence-corrected chi connectivity index (χ1v) is 17.6. The van der Waals surface area contributed by atoms with Crippen molar-refractivity contribution in [1.82, 2.24) is 9.55 Å². The number of H-pyrrole nitrogens is 1. The van der Waals surface area contributed by atoms with Crippen LogP contribution in [-0.4, -0.2) is 64.0 Å². The van der Waals surface area contributed by atoms with Crippen LogP contribution in [0.4, 0.5) is 0 Å². The van der Waals surface area contributed by atoms with Gasteiger partial charge in [-0.25, -0.2) is 9.59 Å². The fraction of sp³-hybridized carbons (Fsp3) is 0.361. The lowest BCUT2D eigenvalue weighted by Gasteiger charge is -2.43. The third kappa shape index (κ3) is 6.68. The van der Waals surface area contributed by atoms with Gasteiger partial charge in [-0.2, -0.15) is 0 Å². The summed E-state index contributed by atoms with van der Waals surface area (Å²) in [5, 5.41) is 1.84. The minimum absolute atomic E-state index is 0.0636. The van der Waals surface area contributed by atoms with Crippen molar-refractivity contribution in [2.45, 2.75) is 57.6 Å². The van der Waals surface area contributed by atoms with Gasteiger partial charge in [-0.05, 0) is 34.5 Å². The number of rotatable bonds is 11. The van der Waals surface area contributed by atoms with Crippen LogP contribution in [0.1, 0.15) is 49.3 Å². The van der Waals surface area contributed by atoms with Gasteiger partial charge in [0.25, 0.3) is 13.9 Å². The van der Waals surface area contributed by atoms with E-state index in [0.717, 1.165) is 10.4 Å². The highest BCUT2D eigenvalue weighted by molar-refractivity contribution is 6.99. The van der Waals surface area contributed by atoms with Gasteiger partial charge in [0.15, 0.2) is 11.5 Å². The maximum absolute atomic E-state index is 13.7. The molecule has 0 bridgehead atoms. The zero-order valence-corrected chi connectivity index (χ0v) is 29.3. The number of carbonyl (C=O) groups is 1. The first kappa shape index (κ1) is 34.7. The van der Waals surface area contributed by atoms with Crippen molar-refractivity contribution in [1.29, 1.82) is 0 Å². The zero-order valence-electron chi connectivity index (χ0n) is 28.3. The smallest absolute Gasteiger partial charge is 0.338 e. The summed E-state index contributed by atoms with van der Waals surface area (Å²) in [7, 11) is 1.40. The molecule has 0 saturated carbocycles. The second-order valence-electron chi connectivity index (χ2n) is 12.7. The van der Waals surface area contributed by atoms with Crippen molar-refractivity contribution in [3.8, 4) is 17.2 Å². The van der Waals surface area contributed by atoms with Crippen LogP contribution in [0.3, 0.4) is 0 Å². The highest BCUT2D eigenvalue weighted by Gasteiger charge is 2.51. The van der Waals surface area contributed by atoms with Crippen molar-refractivity contribution in [3.63, 3.8) is 0 Å². The number of carbonyl (C=O) groups excluding carboxylic acids is 1. The van der Waals surface area contributed by atoms with E-state index in [1.54, 1.807) is 6.92 Å². The van der Waals surface area contributed by atoms with Crippen LogP contribution in [0.15, 0.2) is 88.6 Å². The van der Waals surface area contributed by atoms with Gasteiger partial charge in [0.2, 0.25) is 5.75 Å². The van der Waals surface area contributed by atoms with Gasteiger partial charge < -0.3 is 28.1 Å². The van der Waals surface area contributed by atoms with Crippen molar-refractivity contribution in [3.05, 3.63) is 111 Å². The zero-order chi connectivity index (χ0) is 34.6. The summed E-state index contributed by atoms with van der Waals surface area (Å²) in [5.41, 5.74) is -0.585. The Morgan fingerprint density at radius 2 is 1.48 bits per heavy atom. The summed E-state index contributed by atoms with van der Waals surface area (Å²) in [6.07, 6.45) is -0.828. The predicted octanol–water partition coefficient (Wildman–Crippen LogP) is 3.96. The minimum atomic E-state index is -3.00. The standard InChI is InChI=1S/C36H42N2O9Si/c1-23-21-38(35(41)37-33(23)39)31-20-27(47-34(40)24-18-28(42-5)32(44-7)29(19-24)43-6)30(46-31)22-45-48(36(2,3)4,25-14-10-8-11-15-25)26-16-12-9-13-17-26/h8-19,21,27,30-31H,20,22H2,1-7H3,(H,37,39,41)/t27-,30+,31+/m0/s1. The number of ether oxygens (including phenoxy) is 5. The molecule has 5 rings (SSSR count). The number of hydrogen-bond donors (Lipinski definition) is 1. The van der Waals surface area contributed by atoms with Crippen LogP contribution in [0.2, 0.25) is 5.04 Å². The molecule has 4 aromatic rings. The Hall–Kier alpha value is -4.65. The number of benzene rings is 3. The molecule has 0 spiro atoms. The van der Waals surface area contributed by atoms with E-state index in [2.05, 4.69) is 50.0 Å². The second-order valence-corrected chi connectivity index (χ2v) is 17.0. The molecule has 12 heteroatoms. The maximum atomic E-state index is 13.7. The largest absolute Gasteiger partial charge is 0.493 e. The third-order valence-electron chi connectivity index (χ3n) is 8.68. The molecule has 1 aliphatic heterocycles. The van der Waals surface area contributed by atoms with Crippen molar-refractivity contribution < 1.29 is 32.9 Å². The third-order valence-corrected chi connectivity index (χ3v) is 13.7. The fourth-order valence-electron chi connectivity index (χ4n) is 6.32. The van der Waals surface area contributed by atoms with Crippen LogP contribution < -0.4 is 35.8 Å². The first-order chi connectivity index (χ1) is 22.9. The van der Waals surface area contributed by atoms with E-state index < -0.39 is 44.0 Å². The Labute approximate surface area is 280 Å². The van der Waals surface area contributed by atoms with E-state index in [-0.39, 0.29) is 23.6 Å². The molecule has 0 amide bonds. The highest BCUT2D eigenvalue weighted by atomic mass is 28.4. The molecule has 3 atom stereocenters. The van der Waals surface area contributed by atoms with E-state index in [4.69, 9.17) is 28.1 Å². The number of esters is 1. The predicted molar refractivity (Wildman–Crippen MR) is 183 cm³/mol. The number of aromatic amines is 1. The molecule has 0 radical (unpaired) electrons. The van der Waals surface area contributed by atoms with E-state index in [0.29, 0.717) is 22.8 Å². The molecule has 254 valence electrons. The molecule has 0 aliphatic carbocycles. The summed E-state index contributed by atoms with van der Waals surface area (Å²) in [4.78, 5) is 41.1. The average molecular weight is 675 g/mol. The maximum Gasteiger partial charge on any atom is 0.338 e. The summed E-state index contributed by atoms with van der Waals surface area (Å²) in [6, 6.07) is 23.4. The monoisotopic (exact) mass is 674 g/mol. The van der Waals surface area contributed by atoms with Gasteiger partial charge in [-0.15, -0.1) is 0 Å². The molecule has 1 saturated heterocycles. The van der Waals surface area contributed by atoms with Crippen LogP contribution in [0, 0.1) is 6.92 Å². The molecule has 2 heterocycles. The van der Waals surface area contributed by atoms with E-state index in [9.17, 15) is 14.4 Å². The average Bonchev–Trinajstić information content (AvgIpc) is 3.48. The van der Waals surface area contributed by atoms with E-state index in [1.165, 1.54) is 44.2 Å². The van der Waals surface area contributed by atoms with Crippen LogP contribution >= 0.6 is 0 Å².